The molecule has 0 spiro atoms. The van der Waals surface area contributed by atoms with Crippen LogP contribution in [0.25, 0.3) is 5.65 Å². The summed E-state index contributed by atoms with van der Waals surface area (Å²) in [6.07, 6.45) is 3.25. The molecule has 0 aromatic carbocycles. The summed E-state index contributed by atoms with van der Waals surface area (Å²) in [5, 5.41) is 0.530. The van der Waals surface area contributed by atoms with Gasteiger partial charge in [0.15, 0.2) is 5.01 Å². The van der Waals surface area contributed by atoms with E-state index in [1.54, 1.807) is 19.0 Å². The zero-order valence-electron chi connectivity index (χ0n) is 15.6. The van der Waals surface area contributed by atoms with Crippen molar-refractivity contribution >= 4 is 28.8 Å². The third kappa shape index (κ3) is 3.10. The zero-order valence-corrected chi connectivity index (χ0v) is 16.4. The van der Waals surface area contributed by atoms with Gasteiger partial charge in [-0.25, -0.2) is 9.97 Å². The van der Waals surface area contributed by atoms with Crippen molar-refractivity contribution in [2.75, 3.05) is 27.2 Å². The highest BCUT2D eigenvalue weighted by Gasteiger charge is 2.27. The van der Waals surface area contributed by atoms with Crippen molar-refractivity contribution in [2.45, 2.75) is 19.8 Å². The number of imidazole rings is 1. The standard InChI is InChI=1S/C19H21N5O2S/c1-12-16(24-9-5-4-6-15(24)20-12)18(25)23-10-7-13-14(8-11-23)27-17(21-13)19(26)22(2)3/h4-6,9H,7-8,10-11H2,1-3H3. The molecule has 2 amide bonds. The number of aromatic nitrogens is 3. The third-order valence-corrected chi connectivity index (χ3v) is 5.93. The smallest absolute Gasteiger partial charge is 0.282 e. The minimum absolute atomic E-state index is 0.00838. The van der Waals surface area contributed by atoms with Crippen LogP contribution < -0.4 is 0 Å². The molecule has 3 aromatic heterocycles. The van der Waals surface area contributed by atoms with E-state index in [-0.39, 0.29) is 11.8 Å². The van der Waals surface area contributed by atoms with Crippen molar-refractivity contribution in [2.24, 2.45) is 0 Å². The van der Waals surface area contributed by atoms with Crippen molar-refractivity contribution in [3.8, 4) is 0 Å². The number of fused-ring (bicyclic) bond motifs is 2. The molecule has 4 rings (SSSR count). The fourth-order valence-corrected chi connectivity index (χ4v) is 4.49. The van der Waals surface area contributed by atoms with Gasteiger partial charge in [-0.3, -0.25) is 14.0 Å². The minimum atomic E-state index is -0.0673. The number of carbonyl (C=O) groups excluding carboxylic acids is 2. The number of nitrogens with zero attached hydrogens (tertiary/aromatic N) is 5. The molecule has 1 aliphatic heterocycles. The van der Waals surface area contributed by atoms with E-state index in [4.69, 9.17) is 0 Å². The minimum Gasteiger partial charge on any atom is -0.343 e. The Bertz CT molecular complexity index is 1010. The van der Waals surface area contributed by atoms with Gasteiger partial charge < -0.3 is 9.80 Å². The quantitative estimate of drug-likeness (QED) is 0.679. The fraction of sp³-hybridized carbons (Fsp3) is 0.368. The van der Waals surface area contributed by atoms with Crippen molar-refractivity contribution in [1.82, 2.24) is 24.2 Å². The van der Waals surface area contributed by atoms with Crippen LogP contribution in [0, 0.1) is 6.92 Å². The first-order valence-corrected chi connectivity index (χ1v) is 9.70. The summed E-state index contributed by atoms with van der Waals surface area (Å²) in [4.78, 5) is 38.8. The second kappa shape index (κ2) is 6.77. The van der Waals surface area contributed by atoms with Crippen molar-refractivity contribution in [3.63, 3.8) is 0 Å². The molecule has 0 bridgehead atoms. The van der Waals surface area contributed by atoms with E-state index in [2.05, 4.69) is 9.97 Å². The summed E-state index contributed by atoms with van der Waals surface area (Å²) in [6.45, 7) is 3.07. The molecule has 0 fully saturated rings. The van der Waals surface area contributed by atoms with E-state index in [0.29, 0.717) is 30.2 Å². The van der Waals surface area contributed by atoms with Gasteiger partial charge in [-0.2, -0.15) is 0 Å². The van der Waals surface area contributed by atoms with E-state index in [9.17, 15) is 9.59 Å². The first-order chi connectivity index (χ1) is 13.0. The Morgan fingerprint density at radius 3 is 2.70 bits per heavy atom. The molecule has 0 unspecified atom stereocenters. The molecule has 0 radical (unpaired) electrons. The van der Waals surface area contributed by atoms with E-state index in [1.807, 2.05) is 40.6 Å². The fourth-order valence-electron chi connectivity index (χ4n) is 3.37. The second-order valence-corrected chi connectivity index (χ2v) is 7.94. The van der Waals surface area contributed by atoms with Crippen LogP contribution in [0.3, 0.4) is 0 Å². The van der Waals surface area contributed by atoms with E-state index < -0.39 is 0 Å². The van der Waals surface area contributed by atoms with Crippen LogP contribution >= 0.6 is 11.3 Å². The predicted octanol–water partition coefficient (Wildman–Crippen LogP) is 2.04. The van der Waals surface area contributed by atoms with Gasteiger partial charge in [0.1, 0.15) is 11.3 Å². The lowest BCUT2D eigenvalue weighted by Crippen LogP contribution is -2.34. The number of hydrogen-bond acceptors (Lipinski definition) is 5. The number of rotatable bonds is 2. The molecule has 0 saturated heterocycles. The van der Waals surface area contributed by atoms with Crippen LogP contribution in [0.4, 0.5) is 0 Å². The number of pyridine rings is 1. The highest BCUT2D eigenvalue weighted by Crippen LogP contribution is 2.25. The van der Waals surface area contributed by atoms with Crippen LogP contribution in [0.5, 0.6) is 0 Å². The lowest BCUT2D eigenvalue weighted by Gasteiger charge is -2.20. The summed E-state index contributed by atoms with van der Waals surface area (Å²) in [7, 11) is 3.46. The number of hydrogen-bond donors (Lipinski definition) is 0. The van der Waals surface area contributed by atoms with E-state index in [0.717, 1.165) is 28.3 Å². The summed E-state index contributed by atoms with van der Waals surface area (Å²) < 4.78 is 1.85. The van der Waals surface area contributed by atoms with Gasteiger partial charge in [0.05, 0.1) is 11.4 Å². The molecule has 0 N–H and O–H groups in total. The van der Waals surface area contributed by atoms with Crippen molar-refractivity contribution in [3.05, 3.63) is 51.4 Å². The lowest BCUT2D eigenvalue weighted by atomic mass is 10.2. The second-order valence-electron chi connectivity index (χ2n) is 6.86. The molecule has 140 valence electrons. The SMILES string of the molecule is Cc1nc2ccccn2c1C(=O)N1CCc2nc(C(=O)N(C)C)sc2CC1. The molecular weight excluding hydrogens is 362 g/mol. The van der Waals surface area contributed by atoms with Crippen LogP contribution in [-0.4, -0.2) is 63.2 Å². The zero-order chi connectivity index (χ0) is 19.1. The highest BCUT2D eigenvalue weighted by atomic mass is 32.1. The topological polar surface area (TPSA) is 70.8 Å². The average molecular weight is 383 g/mol. The largest absolute Gasteiger partial charge is 0.343 e. The Hall–Kier alpha value is -2.74. The van der Waals surface area contributed by atoms with Crippen LogP contribution in [0.2, 0.25) is 0 Å². The van der Waals surface area contributed by atoms with Gasteiger partial charge in [0.25, 0.3) is 11.8 Å². The Morgan fingerprint density at radius 2 is 1.93 bits per heavy atom. The lowest BCUT2D eigenvalue weighted by molar-refractivity contribution is 0.0753. The van der Waals surface area contributed by atoms with E-state index >= 15 is 0 Å². The molecule has 8 heteroatoms. The Morgan fingerprint density at radius 1 is 1.15 bits per heavy atom. The van der Waals surface area contributed by atoms with Gasteiger partial charge in [0.2, 0.25) is 0 Å². The Kier molecular flexibility index (Phi) is 4.43. The molecule has 4 heterocycles. The number of aryl methyl sites for hydroxylation is 1. The normalized spacial score (nSPS) is 14.1. The summed E-state index contributed by atoms with van der Waals surface area (Å²) in [6, 6.07) is 5.72. The number of amides is 2. The van der Waals surface area contributed by atoms with Gasteiger partial charge in [-0.05, 0) is 19.1 Å². The van der Waals surface area contributed by atoms with Gasteiger partial charge in [-0.1, -0.05) is 6.07 Å². The van der Waals surface area contributed by atoms with Gasteiger partial charge in [0, 0.05) is 51.1 Å². The first kappa shape index (κ1) is 17.7. The summed E-state index contributed by atoms with van der Waals surface area (Å²) in [5.41, 5.74) is 3.07. The third-order valence-electron chi connectivity index (χ3n) is 4.79. The molecule has 1 aliphatic rings. The predicted molar refractivity (Wildman–Crippen MR) is 103 cm³/mol. The maximum atomic E-state index is 13.2. The highest BCUT2D eigenvalue weighted by molar-refractivity contribution is 7.13. The van der Waals surface area contributed by atoms with Gasteiger partial charge >= 0.3 is 0 Å². The summed E-state index contributed by atoms with van der Waals surface area (Å²) in [5.74, 6) is -0.0756. The van der Waals surface area contributed by atoms with E-state index in [1.165, 1.54) is 11.3 Å². The van der Waals surface area contributed by atoms with Crippen LogP contribution in [0.1, 0.15) is 36.6 Å². The maximum absolute atomic E-state index is 13.2. The molecule has 0 saturated carbocycles. The molecule has 0 atom stereocenters. The molecule has 0 aliphatic carbocycles. The average Bonchev–Trinajstić information content (AvgIpc) is 3.14. The van der Waals surface area contributed by atoms with Crippen molar-refractivity contribution in [1.29, 1.82) is 0 Å². The molecular formula is C19H21N5O2S. The Balaban J connectivity index is 1.56. The maximum Gasteiger partial charge on any atom is 0.282 e. The molecule has 7 nitrogen and oxygen atoms in total. The summed E-state index contributed by atoms with van der Waals surface area (Å²) >= 11 is 1.44. The van der Waals surface area contributed by atoms with Crippen LogP contribution in [0.15, 0.2) is 24.4 Å². The molecule has 3 aromatic rings. The monoisotopic (exact) mass is 383 g/mol. The number of thiazole rings is 1. The van der Waals surface area contributed by atoms with Gasteiger partial charge in [-0.15, -0.1) is 11.3 Å². The van der Waals surface area contributed by atoms with Crippen molar-refractivity contribution < 1.29 is 9.59 Å². The first-order valence-electron chi connectivity index (χ1n) is 8.89. The molecule has 27 heavy (non-hydrogen) atoms. The Labute approximate surface area is 161 Å². The van der Waals surface area contributed by atoms with Crippen LogP contribution in [-0.2, 0) is 12.8 Å². The number of carbonyl (C=O) groups is 2.